The zero-order valence-electron chi connectivity index (χ0n) is 12.8. The monoisotopic (exact) mass is 338 g/mol. The van der Waals surface area contributed by atoms with E-state index in [1.165, 1.54) is 12.1 Å². The average molecular weight is 338 g/mol. The lowest BCUT2D eigenvalue weighted by Crippen LogP contribution is -2.41. The van der Waals surface area contributed by atoms with Crippen molar-refractivity contribution in [1.82, 2.24) is 9.97 Å². The quantitative estimate of drug-likeness (QED) is 0.875. The topological polar surface area (TPSA) is 55.2 Å². The smallest absolute Gasteiger partial charge is 0.427 e. The van der Waals surface area contributed by atoms with E-state index in [0.717, 1.165) is 6.42 Å². The molecule has 24 heavy (non-hydrogen) atoms. The largest absolute Gasteiger partial charge is 0.431 e. The molecule has 1 aromatic heterocycles. The number of benzene rings is 1. The van der Waals surface area contributed by atoms with Gasteiger partial charge in [-0.3, -0.25) is 0 Å². The highest BCUT2D eigenvalue weighted by atomic mass is 19.3. The summed E-state index contributed by atoms with van der Waals surface area (Å²) < 4.78 is 42.9. The predicted octanol–water partition coefficient (Wildman–Crippen LogP) is 3.57. The second-order valence-electron chi connectivity index (χ2n) is 5.92. The fourth-order valence-corrected chi connectivity index (χ4v) is 3.05. The molecule has 0 aliphatic heterocycles. The van der Waals surface area contributed by atoms with Gasteiger partial charge in [-0.2, -0.15) is 8.78 Å². The van der Waals surface area contributed by atoms with Gasteiger partial charge in [0, 0.05) is 17.8 Å². The minimum Gasteiger partial charge on any atom is -0.431 e. The molecule has 1 N–H and O–H groups in total. The highest BCUT2D eigenvalue weighted by Gasteiger charge is 2.47. The molecular weight excluding hydrogens is 321 g/mol. The van der Waals surface area contributed by atoms with Gasteiger partial charge in [0.05, 0.1) is 0 Å². The molecule has 0 amide bonds. The van der Waals surface area contributed by atoms with Crippen molar-refractivity contribution >= 4 is 0 Å². The van der Waals surface area contributed by atoms with Gasteiger partial charge in [-0.15, -0.1) is 0 Å². The Kier molecular flexibility index (Phi) is 4.45. The molecule has 3 rings (SSSR count). The van der Waals surface area contributed by atoms with Gasteiger partial charge in [0.15, 0.2) is 12.5 Å². The summed E-state index contributed by atoms with van der Waals surface area (Å²) in [6, 6.07) is 7.71. The Morgan fingerprint density at radius 2 is 1.92 bits per heavy atom. The van der Waals surface area contributed by atoms with Crippen molar-refractivity contribution in [3.63, 3.8) is 0 Å². The Labute approximate surface area is 137 Å². The van der Waals surface area contributed by atoms with E-state index in [2.05, 4.69) is 14.7 Å². The SMILES string of the molecule is OC(c1ncccn1)C1(c2cccc(OC(F)(F)CF)c2)CCC1. The number of aliphatic hydroxyl groups excluding tert-OH is 1. The van der Waals surface area contributed by atoms with Crippen LogP contribution in [0.25, 0.3) is 0 Å². The van der Waals surface area contributed by atoms with E-state index in [4.69, 9.17) is 0 Å². The highest BCUT2D eigenvalue weighted by molar-refractivity contribution is 5.37. The molecule has 4 nitrogen and oxygen atoms in total. The second kappa shape index (κ2) is 6.39. The van der Waals surface area contributed by atoms with E-state index in [1.54, 1.807) is 30.6 Å². The number of ether oxygens (including phenoxy) is 1. The van der Waals surface area contributed by atoms with Crippen LogP contribution in [0.3, 0.4) is 0 Å². The summed E-state index contributed by atoms with van der Waals surface area (Å²) >= 11 is 0. The first-order valence-electron chi connectivity index (χ1n) is 7.65. The standard InChI is InChI=1S/C17H17F3N2O2/c18-11-17(19,20)24-13-5-1-4-12(10-13)16(6-2-7-16)14(23)15-21-8-3-9-22-15/h1,3-5,8-10,14,23H,2,6-7,11H2. The van der Waals surface area contributed by atoms with Crippen molar-refractivity contribution in [1.29, 1.82) is 0 Å². The van der Waals surface area contributed by atoms with Crippen molar-refractivity contribution in [3.05, 3.63) is 54.1 Å². The van der Waals surface area contributed by atoms with E-state index < -0.39 is 24.3 Å². The van der Waals surface area contributed by atoms with Gasteiger partial charge in [-0.25, -0.2) is 14.4 Å². The minimum absolute atomic E-state index is 0.136. The number of aliphatic hydroxyl groups is 1. The number of hydrogen-bond donors (Lipinski definition) is 1. The Balaban J connectivity index is 1.91. The first-order valence-corrected chi connectivity index (χ1v) is 7.65. The predicted molar refractivity (Wildman–Crippen MR) is 80.5 cm³/mol. The molecule has 1 atom stereocenters. The minimum atomic E-state index is -3.87. The van der Waals surface area contributed by atoms with Gasteiger partial charge in [0.25, 0.3) is 0 Å². The summed E-state index contributed by atoms with van der Waals surface area (Å²) in [4.78, 5) is 8.17. The van der Waals surface area contributed by atoms with Crippen LogP contribution in [-0.2, 0) is 5.41 Å². The molecule has 7 heteroatoms. The molecule has 1 heterocycles. The molecular formula is C17H17F3N2O2. The number of aromatic nitrogens is 2. The van der Waals surface area contributed by atoms with E-state index >= 15 is 0 Å². The zero-order chi connectivity index (χ0) is 17.2. The zero-order valence-corrected chi connectivity index (χ0v) is 12.8. The van der Waals surface area contributed by atoms with Crippen molar-refractivity contribution in [2.24, 2.45) is 0 Å². The van der Waals surface area contributed by atoms with Crippen LogP contribution in [0.15, 0.2) is 42.7 Å². The molecule has 0 bridgehead atoms. The number of hydrogen-bond acceptors (Lipinski definition) is 4. The molecule has 1 saturated carbocycles. The summed E-state index contributed by atoms with van der Waals surface area (Å²) in [5.41, 5.74) is 0.00648. The van der Waals surface area contributed by atoms with Crippen LogP contribution < -0.4 is 4.74 Å². The van der Waals surface area contributed by atoms with Crippen molar-refractivity contribution in [2.45, 2.75) is 36.9 Å². The molecule has 0 radical (unpaired) electrons. The molecule has 0 spiro atoms. The molecule has 0 saturated heterocycles. The lowest BCUT2D eigenvalue weighted by molar-refractivity contribution is -0.186. The Morgan fingerprint density at radius 1 is 1.21 bits per heavy atom. The maximum absolute atomic E-state index is 13.1. The third-order valence-corrected chi connectivity index (χ3v) is 4.43. The maximum Gasteiger partial charge on any atom is 0.427 e. The molecule has 1 aromatic carbocycles. The van der Waals surface area contributed by atoms with Crippen molar-refractivity contribution in [2.75, 3.05) is 6.67 Å². The Hall–Kier alpha value is -2.15. The van der Waals surface area contributed by atoms with Crippen LogP contribution in [0, 0.1) is 0 Å². The Bertz CT molecular complexity index is 693. The molecule has 2 aromatic rings. The molecule has 1 unspecified atom stereocenters. The molecule has 1 fully saturated rings. The number of halogens is 3. The summed E-state index contributed by atoms with van der Waals surface area (Å²) in [6.07, 6.45) is 0.509. The lowest BCUT2D eigenvalue weighted by Gasteiger charge is -2.45. The van der Waals surface area contributed by atoms with Gasteiger partial charge in [0.1, 0.15) is 11.9 Å². The fraction of sp³-hybridized carbons (Fsp3) is 0.412. The van der Waals surface area contributed by atoms with E-state index in [-0.39, 0.29) is 11.6 Å². The van der Waals surface area contributed by atoms with Gasteiger partial charge >= 0.3 is 6.11 Å². The fourth-order valence-electron chi connectivity index (χ4n) is 3.05. The highest BCUT2D eigenvalue weighted by Crippen LogP contribution is 2.52. The molecule has 128 valence electrons. The average Bonchev–Trinajstić information content (AvgIpc) is 2.54. The van der Waals surface area contributed by atoms with Gasteiger partial charge in [-0.1, -0.05) is 18.6 Å². The summed E-state index contributed by atoms with van der Waals surface area (Å²) in [6.45, 7) is -1.90. The third-order valence-electron chi connectivity index (χ3n) is 4.43. The maximum atomic E-state index is 13.1. The number of rotatable bonds is 6. The number of alkyl halides is 3. The van der Waals surface area contributed by atoms with Crippen LogP contribution in [0.1, 0.15) is 36.8 Å². The van der Waals surface area contributed by atoms with E-state index in [0.29, 0.717) is 18.4 Å². The summed E-state index contributed by atoms with van der Waals surface area (Å²) in [7, 11) is 0. The van der Waals surface area contributed by atoms with Crippen molar-refractivity contribution < 1.29 is 23.0 Å². The van der Waals surface area contributed by atoms with Gasteiger partial charge in [-0.05, 0) is 36.6 Å². The third kappa shape index (κ3) is 3.08. The van der Waals surface area contributed by atoms with Crippen LogP contribution >= 0.6 is 0 Å². The normalized spacial score (nSPS) is 17.8. The Morgan fingerprint density at radius 3 is 2.50 bits per heavy atom. The first-order chi connectivity index (χ1) is 11.5. The van der Waals surface area contributed by atoms with Crippen molar-refractivity contribution in [3.8, 4) is 5.75 Å². The molecule has 1 aliphatic rings. The second-order valence-corrected chi connectivity index (χ2v) is 5.92. The number of nitrogens with zero attached hydrogens (tertiary/aromatic N) is 2. The van der Waals surface area contributed by atoms with Gasteiger partial charge in [0.2, 0.25) is 0 Å². The first kappa shape index (κ1) is 16.7. The van der Waals surface area contributed by atoms with E-state index in [1.807, 2.05) is 0 Å². The van der Waals surface area contributed by atoms with Crippen LogP contribution in [0.2, 0.25) is 0 Å². The lowest BCUT2D eigenvalue weighted by atomic mass is 9.61. The summed E-state index contributed by atoms with van der Waals surface area (Å²) in [5, 5.41) is 10.7. The summed E-state index contributed by atoms with van der Waals surface area (Å²) in [5.74, 6) is 0.153. The molecule has 1 aliphatic carbocycles. The van der Waals surface area contributed by atoms with Crippen LogP contribution in [0.5, 0.6) is 5.75 Å². The van der Waals surface area contributed by atoms with Crippen LogP contribution in [-0.4, -0.2) is 27.9 Å². The van der Waals surface area contributed by atoms with E-state index in [9.17, 15) is 18.3 Å². The van der Waals surface area contributed by atoms with Gasteiger partial charge < -0.3 is 9.84 Å². The van der Waals surface area contributed by atoms with Crippen LogP contribution in [0.4, 0.5) is 13.2 Å².